The molecule has 0 saturated carbocycles. The van der Waals surface area contributed by atoms with Crippen molar-refractivity contribution in [3.63, 3.8) is 0 Å². The fourth-order valence-corrected chi connectivity index (χ4v) is 3.92. The Morgan fingerprint density at radius 2 is 1.73 bits per heavy atom. The zero-order valence-corrected chi connectivity index (χ0v) is 18.2. The van der Waals surface area contributed by atoms with E-state index in [0.717, 1.165) is 37.3 Å². The number of rotatable bonds is 4. The van der Waals surface area contributed by atoms with Gasteiger partial charge in [0.2, 0.25) is 5.95 Å². The van der Waals surface area contributed by atoms with Crippen molar-refractivity contribution in [1.29, 1.82) is 0 Å². The molecule has 0 aliphatic carbocycles. The van der Waals surface area contributed by atoms with E-state index in [1.54, 1.807) is 12.1 Å². The van der Waals surface area contributed by atoms with Crippen LogP contribution in [0.1, 0.15) is 16.1 Å². The molecule has 33 heavy (non-hydrogen) atoms. The van der Waals surface area contributed by atoms with Crippen molar-refractivity contribution >= 4 is 28.6 Å². The molecule has 0 radical (unpaired) electrons. The molecule has 2 aromatic heterocycles. The molecule has 0 bridgehead atoms. The van der Waals surface area contributed by atoms with E-state index in [0.29, 0.717) is 28.4 Å². The molecule has 166 valence electrons. The first kappa shape index (κ1) is 21.0. The molecular formula is C25H23FN6O. The third-order valence-corrected chi connectivity index (χ3v) is 5.61. The number of piperazine rings is 1. The van der Waals surface area contributed by atoms with Crippen LogP contribution in [-0.4, -0.2) is 47.0 Å². The van der Waals surface area contributed by atoms with Crippen molar-refractivity contribution in [2.75, 3.05) is 36.4 Å². The predicted octanol–water partition coefficient (Wildman–Crippen LogP) is 3.80. The van der Waals surface area contributed by atoms with E-state index in [-0.39, 0.29) is 17.4 Å². The molecule has 0 spiro atoms. The minimum Gasteiger partial charge on any atom is -0.338 e. The zero-order chi connectivity index (χ0) is 22.8. The summed E-state index contributed by atoms with van der Waals surface area (Å²) in [6.45, 7) is 5.10. The third kappa shape index (κ3) is 4.38. The van der Waals surface area contributed by atoms with Crippen LogP contribution in [0, 0.1) is 12.7 Å². The average Bonchev–Trinajstić information content (AvgIpc) is 2.84. The van der Waals surface area contributed by atoms with Gasteiger partial charge in [-0.25, -0.2) is 19.3 Å². The van der Waals surface area contributed by atoms with Gasteiger partial charge in [0, 0.05) is 37.4 Å². The highest BCUT2D eigenvalue weighted by Crippen LogP contribution is 2.27. The molecule has 0 unspecified atom stereocenters. The molecule has 2 aromatic carbocycles. The lowest BCUT2D eigenvalue weighted by atomic mass is 10.1. The standard InChI is InChI=1S/C25H23FN6O/c1-16-15-20-22(30-21(16)17-7-9-18(26)10-8-17)23(24(33)28-19-5-3-2-4-6-19)31-25(29-20)32-13-11-27-12-14-32/h2-10,15,27H,11-14H2,1H3,(H,28,33). The van der Waals surface area contributed by atoms with Crippen LogP contribution in [0.2, 0.25) is 0 Å². The van der Waals surface area contributed by atoms with Gasteiger partial charge in [-0.05, 0) is 55.0 Å². The summed E-state index contributed by atoms with van der Waals surface area (Å²) in [5.41, 5.74) is 4.19. The Labute approximate surface area is 190 Å². The molecule has 8 heteroatoms. The molecule has 1 aliphatic rings. The van der Waals surface area contributed by atoms with Crippen molar-refractivity contribution in [3.8, 4) is 11.3 Å². The van der Waals surface area contributed by atoms with Crippen LogP contribution >= 0.6 is 0 Å². The van der Waals surface area contributed by atoms with Gasteiger partial charge < -0.3 is 15.5 Å². The second-order valence-electron chi connectivity index (χ2n) is 7.96. The number of aryl methyl sites for hydroxylation is 1. The second-order valence-corrected chi connectivity index (χ2v) is 7.96. The summed E-state index contributed by atoms with van der Waals surface area (Å²) < 4.78 is 13.5. The number of hydrogen-bond donors (Lipinski definition) is 2. The predicted molar refractivity (Wildman–Crippen MR) is 127 cm³/mol. The average molecular weight is 442 g/mol. The minimum absolute atomic E-state index is 0.209. The number of fused-ring (bicyclic) bond motifs is 1. The highest BCUT2D eigenvalue weighted by Gasteiger charge is 2.22. The van der Waals surface area contributed by atoms with Gasteiger partial charge in [-0.2, -0.15) is 0 Å². The first-order valence-electron chi connectivity index (χ1n) is 10.9. The van der Waals surface area contributed by atoms with Crippen molar-refractivity contribution in [2.24, 2.45) is 0 Å². The summed E-state index contributed by atoms with van der Waals surface area (Å²) >= 11 is 0. The fourth-order valence-electron chi connectivity index (χ4n) is 3.92. The number of pyridine rings is 1. The Bertz CT molecular complexity index is 1300. The Morgan fingerprint density at radius 1 is 1.00 bits per heavy atom. The molecule has 7 nitrogen and oxygen atoms in total. The molecular weight excluding hydrogens is 419 g/mol. The largest absolute Gasteiger partial charge is 0.338 e. The van der Waals surface area contributed by atoms with E-state index in [2.05, 4.69) is 20.5 Å². The van der Waals surface area contributed by atoms with Crippen LogP contribution in [0.4, 0.5) is 16.0 Å². The number of hydrogen-bond acceptors (Lipinski definition) is 6. The summed E-state index contributed by atoms with van der Waals surface area (Å²) in [6, 6.07) is 17.3. The summed E-state index contributed by atoms with van der Waals surface area (Å²) in [7, 11) is 0. The maximum atomic E-state index is 13.5. The van der Waals surface area contributed by atoms with Crippen molar-refractivity contribution in [1.82, 2.24) is 20.3 Å². The summed E-state index contributed by atoms with van der Waals surface area (Å²) in [6.07, 6.45) is 0. The molecule has 1 amide bonds. The molecule has 4 aromatic rings. The quantitative estimate of drug-likeness (QED) is 0.500. The van der Waals surface area contributed by atoms with Gasteiger partial charge >= 0.3 is 0 Å². The number of aromatic nitrogens is 3. The summed E-state index contributed by atoms with van der Waals surface area (Å²) in [4.78, 5) is 29.6. The SMILES string of the molecule is Cc1cc2nc(N3CCNCC3)nc(C(=O)Nc3ccccc3)c2nc1-c1ccc(F)cc1. The van der Waals surface area contributed by atoms with E-state index in [4.69, 9.17) is 9.97 Å². The highest BCUT2D eigenvalue weighted by atomic mass is 19.1. The lowest BCUT2D eigenvalue weighted by Crippen LogP contribution is -2.44. The van der Waals surface area contributed by atoms with E-state index in [1.807, 2.05) is 43.3 Å². The topological polar surface area (TPSA) is 83.0 Å². The second kappa shape index (κ2) is 8.91. The summed E-state index contributed by atoms with van der Waals surface area (Å²) in [5.74, 6) is -0.159. The van der Waals surface area contributed by atoms with Gasteiger partial charge in [0.05, 0.1) is 11.2 Å². The van der Waals surface area contributed by atoms with Crippen LogP contribution in [0.15, 0.2) is 60.7 Å². The number of anilines is 2. The normalized spacial score (nSPS) is 13.8. The maximum absolute atomic E-state index is 13.5. The number of halogens is 1. The van der Waals surface area contributed by atoms with Crippen LogP contribution in [0.3, 0.4) is 0 Å². The van der Waals surface area contributed by atoms with Crippen LogP contribution in [0.5, 0.6) is 0 Å². The van der Waals surface area contributed by atoms with Gasteiger partial charge in [-0.15, -0.1) is 0 Å². The van der Waals surface area contributed by atoms with E-state index < -0.39 is 0 Å². The monoisotopic (exact) mass is 442 g/mol. The Kier molecular flexibility index (Phi) is 5.66. The first-order chi connectivity index (χ1) is 16.1. The van der Waals surface area contributed by atoms with E-state index in [1.165, 1.54) is 12.1 Å². The molecule has 2 N–H and O–H groups in total. The Morgan fingerprint density at radius 3 is 2.45 bits per heavy atom. The van der Waals surface area contributed by atoms with Crippen LogP contribution in [0.25, 0.3) is 22.3 Å². The minimum atomic E-state index is -0.355. The maximum Gasteiger partial charge on any atom is 0.276 e. The van der Waals surface area contributed by atoms with E-state index in [9.17, 15) is 9.18 Å². The molecule has 5 rings (SSSR count). The van der Waals surface area contributed by atoms with Gasteiger partial charge in [0.15, 0.2) is 5.69 Å². The Balaban J connectivity index is 1.65. The smallest absolute Gasteiger partial charge is 0.276 e. The molecule has 3 heterocycles. The summed E-state index contributed by atoms with van der Waals surface area (Å²) in [5, 5.41) is 6.23. The number of carbonyl (C=O) groups is 1. The van der Waals surface area contributed by atoms with Crippen LogP contribution < -0.4 is 15.5 Å². The van der Waals surface area contributed by atoms with Crippen molar-refractivity contribution in [3.05, 3.63) is 77.7 Å². The van der Waals surface area contributed by atoms with Crippen molar-refractivity contribution < 1.29 is 9.18 Å². The number of carbonyl (C=O) groups excluding carboxylic acids is 1. The lowest BCUT2D eigenvalue weighted by Gasteiger charge is -2.27. The number of nitrogens with zero attached hydrogens (tertiary/aromatic N) is 4. The molecule has 1 fully saturated rings. The Hall–Kier alpha value is -3.91. The van der Waals surface area contributed by atoms with E-state index >= 15 is 0 Å². The lowest BCUT2D eigenvalue weighted by molar-refractivity contribution is 0.102. The highest BCUT2D eigenvalue weighted by molar-refractivity contribution is 6.10. The van der Waals surface area contributed by atoms with Gasteiger partial charge in [-0.3, -0.25) is 4.79 Å². The molecule has 1 aliphatic heterocycles. The fraction of sp³-hybridized carbons (Fsp3) is 0.200. The molecule has 0 atom stereocenters. The molecule has 1 saturated heterocycles. The van der Waals surface area contributed by atoms with Gasteiger partial charge in [0.1, 0.15) is 11.3 Å². The van der Waals surface area contributed by atoms with Crippen molar-refractivity contribution in [2.45, 2.75) is 6.92 Å². The first-order valence-corrected chi connectivity index (χ1v) is 10.9. The number of nitrogens with one attached hydrogen (secondary N) is 2. The number of amides is 1. The van der Waals surface area contributed by atoms with Gasteiger partial charge in [-0.1, -0.05) is 18.2 Å². The zero-order valence-electron chi connectivity index (χ0n) is 18.2. The number of para-hydroxylation sites is 1. The number of benzene rings is 2. The third-order valence-electron chi connectivity index (χ3n) is 5.61. The van der Waals surface area contributed by atoms with Crippen LogP contribution in [-0.2, 0) is 0 Å². The van der Waals surface area contributed by atoms with Gasteiger partial charge in [0.25, 0.3) is 5.91 Å².